The number of fused-ring (bicyclic) bond motifs is 2. The predicted molar refractivity (Wildman–Crippen MR) is 136 cm³/mol. The number of aromatic nitrogens is 3. The number of para-hydroxylation sites is 1. The molecule has 43 heavy (non-hydrogen) atoms. The number of alkyl halides is 5. The number of aliphatic carboxylic acids is 1. The van der Waals surface area contributed by atoms with Crippen molar-refractivity contribution in [3.8, 4) is 23.1 Å². The number of carboxylic acids is 1. The van der Waals surface area contributed by atoms with E-state index in [1.165, 1.54) is 36.4 Å². The molecule has 0 spiro atoms. The van der Waals surface area contributed by atoms with Crippen LogP contribution in [0.5, 0.6) is 17.2 Å². The van der Waals surface area contributed by atoms with Crippen molar-refractivity contribution in [1.29, 1.82) is 0 Å². The molecule has 224 valence electrons. The quantitative estimate of drug-likeness (QED) is 0.231. The van der Waals surface area contributed by atoms with Gasteiger partial charge in [-0.25, -0.2) is 14.1 Å². The Morgan fingerprint density at radius 2 is 1.81 bits per heavy atom. The summed E-state index contributed by atoms with van der Waals surface area (Å²) in [6.45, 7) is 1.59. The first-order valence-electron chi connectivity index (χ1n) is 13.0. The number of hydrogen-bond acceptors (Lipinski definition) is 7. The van der Waals surface area contributed by atoms with Crippen LogP contribution in [-0.4, -0.2) is 37.7 Å². The number of nitrogens with one attached hydrogen (secondary N) is 1. The summed E-state index contributed by atoms with van der Waals surface area (Å²) in [7, 11) is 0. The van der Waals surface area contributed by atoms with Gasteiger partial charge in [0.25, 0.3) is 0 Å². The van der Waals surface area contributed by atoms with Gasteiger partial charge >= 0.3 is 18.4 Å². The molecule has 3 heterocycles. The normalized spacial score (nSPS) is 23.8. The topological polar surface area (TPSA) is 108 Å². The van der Waals surface area contributed by atoms with Crippen LogP contribution in [0.2, 0.25) is 0 Å². The van der Waals surface area contributed by atoms with Gasteiger partial charge in [0.15, 0.2) is 34.6 Å². The molecule has 4 aromatic rings. The number of pyridine rings is 1. The summed E-state index contributed by atoms with van der Waals surface area (Å²) in [5.41, 5.74) is -2.56. The fourth-order valence-electron chi connectivity index (χ4n) is 6.03. The zero-order valence-corrected chi connectivity index (χ0v) is 22.0. The van der Waals surface area contributed by atoms with E-state index in [-0.39, 0.29) is 59.0 Å². The minimum Gasteiger partial charge on any atom is -0.485 e. The molecule has 1 aliphatic heterocycles. The molecule has 4 aliphatic rings. The summed E-state index contributed by atoms with van der Waals surface area (Å²) >= 11 is 0. The molecular formula is C28H20F6N4O5. The second-order valence-corrected chi connectivity index (χ2v) is 11.1. The van der Waals surface area contributed by atoms with Crippen molar-refractivity contribution < 1.29 is 50.5 Å². The minimum atomic E-state index is -4.85. The van der Waals surface area contributed by atoms with Crippen LogP contribution >= 0.6 is 0 Å². The Kier molecular flexibility index (Phi) is 5.48. The van der Waals surface area contributed by atoms with Crippen molar-refractivity contribution in [2.45, 2.75) is 50.3 Å². The fraction of sp³-hybridized carbons (Fsp3) is 0.321. The molecule has 8 rings (SSSR count). The zero-order chi connectivity index (χ0) is 30.5. The van der Waals surface area contributed by atoms with E-state index in [0.29, 0.717) is 5.56 Å². The molecule has 0 amide bonds. The van der Waals surface area contributed by atoms with Crippen molar-refractivity contribution in [1.82, 2.24) is 14.8 Å². The summed E-state index contributed by atoms with van der Waals surface area (Å²) in [5, 5.41) is 15.7. The van der Waals surface area contributed by atoms with Gasteiger partial charge in [0, 0.05) is 24.6 Å². The van der Waals surface area contributed by atoms with E-state index >= 15 is 0 Å². The minimum absolute atomic E-state index is 0.0466. The molecule has 15 heteroatoms. The van der Waals surface area contributed by atoms with Crippen LogP contribution in [0, 0.1) is 11.2 Å². The SMILES string of the molecule is C[C@H](Nc1nc(-n2nc(C(F)(F)F)c3cccc(OC45CC(C(=O)O)(C4)C5)c32)ccc1F)c1ccc2c(c1)OC(F)(F)O2. The van der Waals surface area contributed by atoms with Gasteiger partial charge in [0.1, 0.15) is 16.9 Å². The second kappa shape index (κ2) is 8.67. The highest BCUT2D eigenvalue weighted by Gasteiger charge is 2.74. The van der Waals surface area contributed by atoms with E-state index < -0.39 is 47.0 Å². The van der Waals surface area contributed by atoms with Crippen LogP contribution < -0.4 is 19.5 Å². The standard InChI is InChI=1S/C28H20F6N4O5/c1-13(14-5-7-17-19(9-14)43-28(33,34)42-17)35-23-16(29)6-8-20(36-23)38-21-15(22(37-38)27(30,31)32)3-2-4-18(21)41-26-10-25(11-26,12-26)24(39)40/h2-9,13H,10-12H2,1H3,(H,35,36)(H,39,40)/t13-,25?,26?/m0/s1. The molecule has 3 aliphatic carbocycles. The van der Waals surface area contributed by atoms with Crippen LogP contribution in [0.4, 0.5) is 32.2 Å². The van der Waals surface area contributed by atoms with Crippen molar-refractivity contribution >= 4 is 22.7 Å². The summed E-state index contributed by atoms with van der Waals surface area (Å²) in [6, 6.07) is 9.52. The fourth-order valence-corrected chi connectivity index (χ4v) is 6.03. The summed E-state index contributed by atoms with van der Waals surface area (Å²) in [4.78, 5) is 15.7. The third-order valence-corrected chi connectivity index (χ3v) is 8.02. The van der Waals surface area contributed by atoms with E-state index in [1.807, 2.05) is 0 Å². The first-order valence-corrected chi connectivity index (χ1v) is 13.0. The lowest BCUT2D eigenvalue weighted by Gasteiger charge is -2.66. The molecule has 0 radical (unpaired) electrons. The van der Waals surface area contributed by atoms with Gasteiger partial charge in [-0.1, -0.05) is 18.2 Å². The Hall–Kier alpha value is -4.69. The van der Waals surface area contributed by atoms with Crippen molar-refractivity contribution in [3.63, 3.8) is 0 Å². The van der Waals surface area contributed by atoms with E-state index in [1.54, 1.807) is 6.92 Å². The second-order valence-electron chi connectivity index (χ2n) is 11.1. The van der Waals surface area contributed by atoms with Gasteiger partial charge in [-0.05, 0) is 42.8 Å². The lowest BCUT2D eigenvalue weighted by Crippen LogP contribution is -2.72. The molecule has 0 saturated heterocycles. The highest BCUT2D eigenvalue weighted by Crippen LogP contribution is 2.69. The van der Waals surface area contributed by atoms with E-state index in [2.05, 4.69) is 24.9 Å². The number of ether oxygens (including phenoxy) is 3. The van der Waals surface area contributed by atoms with Crippen molar-refractivity contribution in [2.75, 3.05) is 5.32 Å². The molecule has 2 aromatic heterocycles. The van der Waals surface area contributed by atoms with E-state index in [9.17, 15) is 36.2 Å². The number of hydrogen-bond donors (Lipinski definition) is 2. The Morgan fingerprint density at radius 1 is 1.09 bits per heavy atom. The molecule has 9 nitrogen and oxygen atoms in total. The summed E-state index contributed by atoms with van der Waals surface area (Å²) in [6.07, 6.45) is -7.99. The summed E-state index contributed by atoms with van der Waals surface area (Å²) in [5.74, 6) is -2.63. The number of benzene rings is 2. The number of nitrogens with zero attached hydrogens (tertiary/aromatic N) is 3. The Balaban J connectivity index is 1.24. The van der Waals surface area contributed by atoms with Crippen LogP contribution in [0.3, 0.4) is 0 Å². The third-order valence-electron chi connectivity index (χ3n) is 8.02. The van der Waals surface area contributed by atoms with Gasteiger partial charge in [-0.2, -0.15) is 18.3 Å². The average molecular weight is 606 g/mol. The third kappa shape index (κ3) is 4.28. The van der Waals surface area contributed by atoms with Gasteiger partial charge in [-0.3, -0.25) is 4.79 Å². The summed E-state index contributed by atoms with van der Waals surface area (Å²) < 4.78 is 99.8. The number of rotatable bonds is 7. The maximum absolute atomic E-state index is 14.9. The monoisotopic (exact) mass is 606 g/mol. The van der Waals surface area contributed by atoms with E-state index in [4.69, 9.17) is 4.74 Å². The number of anilines is 1. The van der Waals surface area contributed by atoms with Gasteiger partial charge < -0.3 is 24.6 Å². The first kappa shape index (κ1) is 27.2. The van der Waals surface area contributed by atoms with Gasteiger partial charge in [0.05, 0.1) is 11.5 Å². The lowest BCUT2D eigenvalue weighted by atomic mass is 9.41. The Labute approximate surface area is 238 Å². The molecule has 1 atom stereocenters. The largest absolute Gasteiger partial charge is 0.586 e. The van der Waals surface area contributed by atoms with Crippen LogP contribution in [0.1, 0.15) is 43.5 Å². The van der Waals surface area contributed by atoms with Crippen LogP contribution in [0.15, 0.2) is 48.5 Å². The van der Waals surface area contributed by atoms with Gasteiger partial charge in [-0.15, -0.1) is 8.78 Å². The molecule has 3 fully saturated rings. The van der Waals surface area contributed by atoms with Crippen LogP contribution in [-0.2, 0) is 11.0 Å². The predicted octanol–water partition coefficient (Wildman–Crippen LogP) is 6.46. The molecule has 2 bridgehead atoms. The molecule has 3 saturated carbocycles. The van der Waals surface area contributed by atoms with Crippen molar-refractivity contribution in [2.24, 2.45) is 5.41 Å². The van der Waals surface area contributed by atoms with Crippen molar-refractivity contribution in [3.05, 3.63) is 65.6 Å². The zero-order valence-electron chi connectivity index (χ0n) is 22.0. The maximum atomic E-state index is 14.9. The highest BCUT2D eigenvalue weighted by atomic mass is 19.4. The molecule has 2 N–H and O–H groups in total. The van der Waals surface area contributed by atoms with Gasteiger partial charge in [0.2, 0.25) is 0 Å². The highest BCUT2D eigenvalue weighted by molar-refractivity contribution is 5.89. The number of halogens is 6. The maximum Gasteiger partial charge on any atom is 0.586 e. The number of carboxylic acid groups (broad SMARTS) is 1. The first-order chi connectivity index (χ1) is 20.2. The molecule has 2 aromatic carbocycles. The average Bonchev–Trinajstić information content (AvgIpc) is 3.42. The van der Waals surface area contributed by atoms with Crippen LogP contribution in [0.25, 0.3) is 16.7 Å². The molecular weight excluding hydrogens is 586 g/mol. The Morgan fingerprint density at radius 3 is 2.51 bits per heavy atom. The Bertz CT molecular complexity index is 1800. The smallest absolute Gasteiger partial charge is 0.485 e. The molecule has 0 unspecified atom stereocenters. The van der Waals surface area contributed by atoms with E-state index in [0.717, 1.165) is 16.8 Å². The number of carbonyl (C=O) groups is 1. The lowest BCUT2D eigenvalue weighted by molar-refractivity contribution is -0.286.